The average Bonchev–Trinajstić information content (AvgIpc) is 2.82. The molecule has 4 rings (SSSR count). The molecule has 178 valence electrons. The van der Waals surface area contributed by atoms with E-state index in [0.717, 1.165) is 16.7 Å². The Morgan fingerprint density at radius 3 is 2.38 bits per heavy atom. The number of carbonyl (C=O) groups excluding carboxylic acids is 1. The molecule has 3 aromatic carbocycles. The third-order valence-corrected chi connectivity index (χ3v) is 6.92. The van der Waals surface area contributed by atoms with E-state index in [1.54, 1.807) is 30.3 Å². The van der Waals surface area contributed by atoms with Crippen molar-refractivity contribution in [1.29, 1.82) is 0 Å². The van der Waals surface area contributed by atoms with E-state index in [-0.39, 0.29) is 18.6 Å². The van der Waals surface area contributed by atoms with E-state index in [9.17, 15) is 13.2 Å². The lowest BCUT2D eigenvalue weighted by Crippen LogP contribution is -2.40. The number of ether oxygens (including phenoxy) is 2. The molecule has 0 fully saturated rings. The minimum atomic E-state index is -3.49. The largest absolute Gasteiger partial charge is 0.486 e. The normalized spacial score (nSPS) is 15.0. The van der Waals surface area contributed by atoms with E-state index in [4.69, 9.17) is 9.47 Å². The fraction of sp³-hybridized carbons (Fsp3) is 0.269. The van der Waals surface area contributed by atoms with Crippen molar-refractivity contribution in [3.05, 3.63) is 89.0 Å². The van der Waals surface area contributed by atoms with Gasteiger partial charge in [-0.25, -0.2) is 8.42 Å². The predicted molar refractivity (Wildman–Crippen MR) is 132 cm³/mol. The molecule has 0 unspecified atom stereocenters. The van der Waals surface area contributed by atoms with E-state index in [1.165, 1.54) is 10.6 Å². The summed E-state index contributed by atoms with van der Waals surface area (Å²) in [6.07, 6.45) is 0.916. The zero-order chi connectivity index (χ0) is 24.3. The molecule has 1 N–H and O–H groups in total. The maximum absolute atomic E-state index is 12.6. The molecule has 0 saturated heterocycles. The Morgan fingerprint density at radius 1 is 1.00 bits per heavy atom. The van der Waals surface area contributed by atoms with Gasteiger partial charge in [0.05, 0.1) is 25.0 Å². The Kier molecular flexibility index (Phi) is 6.79. The summed E-state index contributed by atoms with van der Waals surface area (Å²) in [5, 5.41) is 2.87. The van der Waals surface area contributed by atoms with Crippen molar-refractivity contribution in [2.24, 2.45) is 0 Å². The standard InChI is InChI=1S/C26H28N2O5S/c1-18-8-13-22(14-19(18)2)28(34(3,30)31)16-20-9-11-21(12-10-20)26(29)27-15-23-17-32-24-6-4-5-7-25(24)33-23/h4-14,23H,15-17H2,1-3H3,(H,27,29)/t23-/m1/s1. The summed E-state index contributed by atoms with van der Waals surface area (Å²) in [6.45, 7) is 4.78. The molecule has 0 radical (unpaired) electrons. The second-order valence-corrected chi connectivity index (χ2v) is 10.3. The monoisotopic (exact) mass is 480 g/mol. The first-order chi connectivity index (χ1) is 16.2. The number of sulfonamides is 1. The van der Waals surface area contributed by atoms with Crippen LogP contribution in [-0.2, 0) is 16.6 Å². The first-order valence-corrected chi connectivity index (χ1v) is 12.9. The number of hydrogen-bond donors (Lipinski definition) is 1. The third-order valence-electron chi connectivity index (χ3n) is 5.78. The first-order valence-electron chi connectivity index (χ1n) is 11.0. The quantitative estimate of drug-likeness (QED) is 0.555. The topological polar surface area (TPSA) is 84.9 Å². The molecule has 1 aliphatic heterocycles. The zero-order valence-corrected chi connectivity index (χ0v) is 20.3. The van der Waals surface area contributed by atoms with Crippen molar-refractivity contribution in [1.82, 2.24) is 5.32 Å². The van der Waals surface area contributed by atoms with Crippen LogP contribution in [0.15, 0.2) is 66.7 Å². The molecule has 1 atom stereocenters. The average molecular weight is 481 g/mol. The summed E-state index contributed by atoms with van der Waals surface area (Å²) in [5.41, 5.74) is 4.00. The molecule has 1 heterocycles. The van der Waals surface area contributed by atoms with Gasteiger partial charge in [-0.3, -0.25) is 9.10 Å². The lowest BCUT2D eigenvalue weighted by atomic mass is 10.1. The van der Waals surface area contributed by atoms with E-state index in [1.807, 2.05) is 50.2 Å². The summed E-state index contributed by atoms with van der Waals surface area (Å²) in [7, 11) is -3.49. The fourth-order valence-corrected chi connectivity index (χ4v) is 4.56. The second-order valence-electron chi connectivity index (χ2n) is 8.44. The van der Waals surface area contributed by atoms with E-state index in [2.05, 4.69) is 5.32 Å². The van der Waals surface area contributed by atoms with Crippen LogP contribution in [0, 0.1) is 13.8 Å². The number of rotatable bonds is 7. The van der Waals surface area contributed by atoms with Crippen molar-refractivity contribution < 1.29 is 22.7 Å². The molecule has 0 aliphatic carbocycles. The molecule has 0 spiro atoms. The minimum Gasteiger partial charge on any atom is -0.486 e. The Balaban J connectivity index is 1.39. The minimum absolute atomic E-state index is 0.176. The maximum Gasteiger partial charge on any atom is 0.251 e. The van der Waals surface area contributed by atoms with Crippen LogP contribution in [-0.4, -0.2) is 39.8 Å². The van der Waals surface area contributed by atoms with Gasteiger partial charge in [0.15, 0.2) is 11.5 Å². The highest BCUT2D eigenvalue weighted by Gasteiger charge is 2.22. The number of nitrogens with zero attached hydrogens (tertiary/aromatic N) is 1. The number of fused-ring (bicyclic) bond motifs is 1. The highest BCUT2D eigenvalue weighted by Crippen LogP contribution is 2.30. The Morgan fingerprint density at radius 2 is 1.71 bits per heavy atom. The first kappa shape index (κ1) is 23.6. The molecule has 34 heavy (non-hydrogen) atoms. The summed E-state index contributed by atoms with van der Waals surface area (Å²) >= 11 is 0. The van der Waals surface area contributed by atoms with Crippen LogP contribution < -0.4 is 19.1 Å². The zero-order valence-electron chi connectivity index (χ0n) is 19.4. The van der Waals surface area contributed by atoms with Gasteiger partial charge < -0.3 is 14.8 Å². The molecule has 8 heteroatoms. The molecular weight excluding hydrogens is 452 g/mol. The Hall–Kier alpha value is -3.52. The number of hydrogen-bond acceptors (Lipinski definition) is 5. The van der Waals surface area contributed by atoms with Gasteiger partial charge in [0.25, 0.3) is 5.91 Å². The molecule has 0 bridgehead atoms. The highest BCUT2D eigenvalue weighted by molar-refractivity contribution is 7.92. The van der Waals surface area contributed by atoms with Gasteiger partial charge in [-0.2, -0.15) is 0 Å². The highest BCUT2D eigenvalue weighted by atomic mass is 32.2. The van der Waals surface area contributed by atoms with E-state index < -0.39 is 10.0 Å². The fourth-order valence-electron chi connectivity index (χ4n) is 3.68. The van der Waals surface area contributed by atoms with Crippen molar-refractivity contribution in [3.8, 4) is 11.5 Å². The number of para-hydroxylation sites is 2. The van der Waals surface area contributed by atoms with Gasteiger partial charge in [-0.05, 0) is 66.9 Å². The Labute approximate surface area is 200 Å². The molecule has 1 aliphatic rings. The van der Waals surface area contributed by atoms with Gasteiger partial charge in [-0.1, -0.05) is 30.3 Å². The summed E-state index contributed by atoms with van der Waals surface area (Å²) in [5.74, 6) is 1.13. The van der Waals surface area contributed by atoms with Crippen molar-refractivity contribution in [3.63, 3.8) is 0 Å². The van der Waals surface area contributed by atoms with Gasteiger partial charge in [-0.15, -0.1) is 0 Å². The summed E-state index contributed by atoms with van der Waals surface area (Å²) in [4.78, 5) is 12.6. The third kappa shape index (κ3) is 5.51. The van der Waals surface area contributed by atoms with Gasteiger partial charge in [0.1, 0.15) is 12.7 Å². The number of nitrogens with one attached hydrogen (secondary N) is 1. The lowest BCUT2D eigenvalue weighted by Gasteiger charge is -2.26. The van der Waals surface area contributed by atoms with Gasteiger partial charge in [0, 0.05) is 5.56 Å². The molecule has 0 aromatic heterocycles. The van der Waals surface area contributed by atoms with Crippen LogP contribution in [0.5, 0.6) is 11.5 Å². The van der Waals surface area contributed by atoms with Gasteiger partial charge in [0.2, 0.25) is 10.0 Å². The van der Waals surface area contributed by atoms with Crippen molar-refractivity contribution >= 4 is 21.6 Å². The van der Waals surface area contributed by atoms with Crippen LogP contribution in [0.1, 0.15) is 27.0 Å². The smallest absolute Gasteiger partial charge is 0.251 e. The number of anilines is 1. The van der Waals surface area contributed by atoms with Crippen LogP contribution in [0.4, 0.5) is 5.69 Å². The maximum atomic E-state index is 12.6. The molecule has 7 nitrogen and oxygen atoms in total. The second kappa shape index (κ2) is 9.77. The number of carbonyl (C=O) groups is 1. The number of aryl methyl sites for hydroxylation is 2. The summed E-state index contributed by atoms with van der Waals surface area (Å²) < 4.78 is 37.8. The van der Waals surface area contributed by atoms with Crippen LogP contribution >= 0.6 is 0 Å². The SMILES string of the molecule is Cc1ccc(N(Cc2ccc(C(=O)NC[C@@H]3COc4ccccc4O3)cc2)S(C)(=O)=O)cc1C. The number of benzene rings is 3. The lowest BCUT2D eigenvalue weighted by molar-refractivity contribution is 0.0789. The molecular formula is C26H28N2O5S. The van der Waals surface area contributed by atoms with Crippen LogP contribution in [0.2, 0.25) is 0 Å². The molecule has 0 saturated carbocycles. The van der Waals surface area contributed by atoms with Crippen LogP contribution in [0.25, 0.3) is 0 Å². The summed E-state index contributed by atoms with van der Waals surface area (Å²) in [6, 6.07) is 19.9. The van der Waals surface area contributed by atoms with Crippen molar-refractivity contribution in [2.45, 2.75) is 26.5 Å². The Bertz CT molecular complexity index is 1290. The molecule has 3 aromatic rings. The van der Waals surface area contributed by atoms with E-state index >= 15 is 0 Å². The predicted octanol–water partition coefficient (Wildman–Crippen LogP) is 3.84. The van der Waals surface area contributed by atoms with Gasteiger partial charge >= 0.3 is 0 Å². The molecule has 1 amide bonds. The number of amides is 1. The van der Waals surface area contributed by atoms with Crippen molar-refractivity contribution in [2.75, 3.05) is 23.7 Å². The van der Waals surface area contributed by atoms with E-state index in [0.29, 0.717) is 35.9 Å². The van der Waals surface area contributed by atoms with Crippen LogP contribution in [0.3, 0.4) is 0 Å².